The van der Waals surface area contributed by atoms with Gasteiger partial charge in [0.05, 0.1) is 0 Å². The van der Waals surface area contributed by atoms with Gasteiger partial charge in [0.2, 0.25) is 0 Å². The average molecular weight is 243 g/mol. The van der Waals surface area contributed by atoms with Gasteiger partial charge >= 0.3 is 5.51 Å². The number of rotatable bonds is 7. The molecule has 1 atom stereocenters. The number of hydrogen-bond acceptors (Lipinski definition) is 2. The maximum Gasteiger partial charge on any atom is 0.441 e. The van der Waals surface area contributed by atoms with E-state index in [4.69, 9.17) is 0 Å². The van der Waals surface area contributed by atoms with E-state index in [-0.39, 0.29) is 17.5 Å². The number of thioether (sulfide) groups is 1. The van der Waals surface area contributed by atoms with E-state index in [2.05, 4.69) is 19.2 Å². The molecule has 0 saturated heterocycles. The number of alkyl halides is 3. The second kappa shape index (κ2) is 7.39. The predicted molar refractivity (Wildman–Crippen MR) is 60.0 cm³/mol. The average Bonchev–Trinajstić information content (AvgIpc) is 2.07. The van der Waals surface area contributed by atoms with Crippen molar-refractivity contribution in [2.75, 3.05) is 12.3 Å². The van der Waals surface area contributed by atoms with Crippen LogP contribution in [0.15, 0.2) is 0 Å². The molecular weight excluding hydrogens is 223 g/mol. The third-order valence-corrected chi connectivity index (χ3v) is 2.77. The van der Waals surface area contributed by atoms with Gasteiger partial charge in [-0.05, 0) is 37.4 Å². The first-order valence-corrected chi connectivity index (χ1v) is 6.24. The summed E-state index contributed by atoms with van der Waals surface area (Å²) in [6.45, 7) is 6.72. The Balaban J connectivity index is 3.35. The third kappa shape index (κ3) is 12.0. The summed E-state index contributed by atoms with van der Waals surface area (Å²) in [5.74, 6) is 0.744. The molecule has 1 nitrogen and oxygen atoms in total. The molecule has 0 fully saturated rings. The summed E-state index contributed by atoms with van der Waals surface area (Å²) in [7, 11) is 0. The van der Waals surface area contributed by atoms with E-state index in [1.54, 1.807) is 0 Å². The minimum absolute atomic E-state index is 0.0374. The molecule has 0 rings (SSSR count). The summed E-state index contributed by atoms with van der Waals surface area (Å²) in [4.78, 5) is 0. The van der Waals surface area contributed by atoms with Crippen molar-refractivity contribution < 1.29 is 13.2 Å². The fourth-order valence-electron chi connectivity index (χ4n) is 1.16. The van der Waals surface area contributed by atoms with Crippen molar-refractivity contribution in [2.45, 2.75) is 45.2 Å². The molecule has 0 aliphatic heterocycles. The van der Waals surface area contributed by atoms with Crippen LogP contribution >= 0.6 is 11.8 Å². The van der Waals surface area contributed by atoms with Crippen LogP contribution in [0.5, 0.6) is 0 Å². The van der Waals surface area contributed by atoms with Crippen molar-refractivity contribution >= 4 is 11.8 Å². The van der Waals surface area contributed by atoms with Crippen LogP contribution in [0.3, 0.4) is 0 Å². The highest BCUT2D eigenvalue weighted by Gasteiger charge is 2.27. The molecule has 1 unspecified atom stereocenters. The van der Waals surface area contributed by atoms with Crippen molar-refractivity contribution in [1.29, 1.82) is 0 Å². The third-order valence-electron chi connectivity index (χ3n) is 2.04. The molecule has 15 heavy (non-hydrogen) atoms. The van der Waals surface area contributed by atoms with Crippen LogP contribution in [0.2, 0.25) is 0 Å². The minimum Gasteiger partial charge on any atom is -0.313 e. The fraction of sp³-hybridized carbons (Fsp3) is 1.00. The van der Waals surface area contributed by atoms with E-state index < -0.39 is 5.51 Å². The Morgan fingerprint density at radius 2 is 1.73 bits per heavy atom. The summed E-state index contributed by atoms with van der Waals surface area (Å²) in [6.07, 6.45) is 2.13. The van der Waals surface area contributed by atoms with Gasteiger partial charge in [0.15, 0.2) is 0 Å². The highest BCUT2D eigenvalue weighted by Crippen LogP contribution is 2.29. The zero-order valence-electron chi connectivity index (χ0n) is 9.53. The molecule has 0 saturated carbocycles. The maximum absolute atomic E-state index is 11.8. The first-order chi connectivity index (χ1) is 6.81. The molecule has 1 N–H and O–H groups in total. The van der Waals surface area contributed by atoms with E-state index in [1.807, 2.05) is 6.92 Å². The van der Waals surface area contributed by atoms with Gasteiger partial charge in [-0.25, -0.2) is 0 Å². The minimum atomic E-state index is -4.09. The molecule has 0 aliphatic carbocycles. The van der Waals surface area contributed by atoms with Crippen molar-refractivity contribution in [3.63, 3.8) is 0 Å². The summed E-state index contributed by atoms with van der Waals surface area (Å²) >= 11 is 0.0374. The van der Waals surface area contributed by atoms with Gasteiger partial charge in [0.25, 0.3) is 0 Å². The molecule has 0 radical (unpaired) electrons. The molecular formula is C10H20F3NS. The van der Waals surface area contributed by atoms with E-state index in [0.29, 0.717) is 18.5 Å². The van der Waals surface area contributed by atoms with Crippen LogP contribution in [0, 0.1) is 5.92 Å². The lowest BCUT2D eigenvalue weighted by molar-refractivity contribution is -0.0327. The second-order valence-corrected chi connectivity index (χ2v) is 5.28. The largest absolute Gasteiger partial charge is 0.441 e. The van der Waals surface area contributed by atoms with Gasteiger partial charge in [-0.15, -0.1) is 0 Å². The lowest BCUT2D eigenvalue weighted by atomic mass is 10.0. The lowest BCUT2D eigenvalue weighted by Gasteiger charge is -2.15. The SMILES string of the molecule is CC(C)CCC(C)NCCSC(F)(F)F. The molecule has 0 spiro atoms. The number of hydrogen-bond donors (Lipinski definition) is 1. The monoisotopic (exact) mass is 243 g/mol. The first kappa shape index (κ1) is 15.1. The van der Waals surface area contributed by atoms with Crippen LogP contribution in [0.4, 0.5) is 13.2 Å². The van der Waals surface area contributed by atoms with Gasteiger partial charge in [0.1, 0.15) is 0 Å². The highest BCUT2D eigenvalue weighted by atomic mass is 32.2. The topological polar surface area (TPSA) is 12.0 Å². The van der Waals surface area contributed by atoms with Crippen molar-refractivity contribution in [3.8, 4) is 0 Å². The molecule has 0 bridgehead atoms. The van der Waals surface area contributed by atoms with Gasteiger partial charge in [-0.2, -0.15) is 13.2 Å². The van der Waals surface area contributed by atoms with Gasteiger partial charge in [0, 0.05) is 18.3 Å². The zero-order valence-corrected chi connectivity index (χ0v) is 10.3. The Bertz CT molecular complexity index is 159. The van der Waals surface area contributed by atoms with Crippen LogP contribution in [0.1, 0.15) is 33.6 Å². The Kier molecular flexibility index (Phi) is 7.44. The predicted octanol–water partition coefficient (Wildman–Crippen LogP) is 3.65. The van der Waals surface area contributed by atoms with Crippen molar-refractivity contribution in [1.82, 2.24) is 5.32 Å². The molecule has 0 aliphatic rings. The van der Waals surface area contributed by atoms with E-state index >= 15 is 0 Å². The summed E-state index contributed by atoms with van der Waals surface area (Å²) in [5, 5.41) is 3.09. The number of nitrogens with one attached hydrogen (secondary N) is 1. The van der Waals surface area contributed by atoms with E-state index in [9.17, 15) is 13.2 Å². The van der Waals surface area contributed by atoms with Crippen LogP contribution in [0.25, 0.3) is 0 Å². The smallest absolute Gasteiger partial charge is 0.313 e. The molecule has 92 valence electrons. The standard InChI is InChI=1S/C10H20F3NS/c1-8(2)4-5-9(3)14-6-7-15-10(11,12)13/h8-9,14H,4-7H2,1-3H3. The lowest BCUT2D eigenvalue weighted by Crippen LogP contribution is -2.29. The van der Waals surface area contributed by atoms with Gasteiger partial charge < -0.3 is 5.32 Å². The Morgan fingerprint density at radius 1 is 1.13 bits per heavy atom. The summed E-state index contributed by atoms with van der Waals surface area (Å²) in [6, 6.07) is 0.307. The fourth-order valence-corrected chi connectivity index (χ4v) is 1.61. The van der Waals surface area contributed by atoms with E-state index in [0.717, 1.165) is 12.8 Å². The zero-order chi connectivity index (χ0) is 11.9. The first-order valence-electron chi connectivity index (χ1n) is 5.25. The molecule has 0 amide bonds. The Hall–Kier alpha value is 0.100. The summed E-state index contributed by atoms with van der Waals surface area (Å²) < 4.78 is 35.3. The Labute approximate surface area is 94.2 Å². The molecule has 0 aromatic heterocycles. The van der Waals surface area contributed by atoms with Crippen molar-refractivity contribution in [3.05, 3.63) is 0 Å². The second-order valence-electron chi connectivity index (χ2n) is 4.12. The van der Waals surface area contributed by atoms with Crippen LogP contribution in [-0.4, -0.2) is 23.8 Å². The molecule has 0 heterocycles. The van der Waals surface area contributed by atoms with Crippen LogP contribution in [-0.2, 0) is 0 Å². The van der Waals surface area contributed by atoms with E-state index in [1.165, 1.54) is 0 Å². The summed E-state index contributed by atoms with van der Waals surface area (Å²) in [5.41, 5.74) is -4.09. The quantitative estimate of drug-likeness (QED) is 0.685. The van der Waals surface area contributed by atoms with Crippen molar-refractivity contribution in [2.24, 2.45) is 5.92 Å². The Morgan fingerprint density at radius 3 is 2.20 bits per heavy atom. The molecule has 5 heteroatoms. The van der Waals surface area contributed by atoms with Crippen LogP contribution < -0.4 is 5.32 Å². The maximum atomic E-state index is 11.8. The molecule has 0 aromatic carbocycles. The molecule has 0 aromatic rings. The normalized spacial score (nSPS) is 14.6. The van der Waals surface area contributed by atoms with Gasteiger partial charge in [-0.1, -0.05) is 13.8 Å². The number of halogens is 3. The highest BCUT2D eigenvalue weighted by molar-refractivity contribution is 8.00. The van der Waals surface area contributed by atoms with Gasteiger partial charge in [-0.3, -0.25) is 0 Å².